The number of carbonyl (C=O) groups excluding carboxylic acids is 1. The molecule has 0 atom stereocenters. The van der Waals surface area contributed by atoms with Crippen molar-refractivity contribution in [3.8, 4) is 6.07 Å². The molecule has 9 heteroatoms. The fraction of sp³-hybridized carbons (Fsp3) is 0.263. The van der Waals surface area contributed by atoms with E-state index in [2.05, 4.69) is 15.9 Å². The van der Waals surface area contributed by atoms with Crippen LogP contribution in [0.3, 0.4) is 0 Å². The van der Waals surface area contributed by atoms with Gasteiger partial charge in [-0.1, -0.05) is 12.1 Å². The molecule has 146 valence electrons. The lowest BCUT2D eigenvalue weighted by atomic mass is 10.1. The lowest BCUT2D eigenvalue weighted by Crippen LogP contribution is -2.40. The SMILES string of the molecule is N#Cc1ccc(COC(=O)c2ccc(Br)c(S(=O)(=O)N3CCOCC3)c2)cc1. The smallest absolute Gasteiger partial charge is 0.338 e. The van der Waals surface area contributed by atoms with Gasteiger partial charge in [0.1, 0.15) is 6.61 Å². The van der Waals surface area contributed by atoms with Gasteiger partial charge < -0.3 is 9.47 Å². The Hall–Kier alpha value is -2.25. The molecule has 3 rings (SSSR count). The molecule has 2 aromatic carbocycles. The molecule has 0 bridgehead atoms. The van der Waals surface area contributed by atoms with Crippen LogP contribution < -0.4 is 0 Å². The van der Waals surface area contributed by atoms with Crippen LogP contribution in [0.1, 0.15) is 21.5 Å². The number of ether oxygens (including phenoxy) is 2. The maximum Gasteiger partial charge on any atom is 0.338 e. The van der Waals surface area contributed by atoms with E-state index in [1.54, 1.807) is 24.3 Å². The standard InChI is InChI=1S/C19H17BrN2O5S/c20-17-6-5-16(11-18(17)28(24,25)22-7-9-26-10-8-22)19(23)27-13-15-3-1-14(12-21)2-4-15/h1-6,11H,7-10,13H2. The fourth-order valence-electron chi connectivity index (χ4n) is 2.66. The first-order valence-electron chi connectivity index (χ1n) is 8.45. The van der Waals surface area contributed by atoms with Gasteiger partial charge in [0.15, 0.2) is 0 Å². The van der Waals surface area contributed by atoms with Crippen LogP contribution in [0.5, 0.6) is 0 Å². The second-order valence-electron chi connectivity index (χ2n) is 6.05. The number of morpholine rings is 1. The molecule has 0 radical (unpaired) electrons. The maximum atomic E-state index is 12.9. The molecule has 1 heterocycles. The summed E-state index contributed by atoms with van der Waals surface area (Å²) < 4.78 is 38.0. The molecule has 7 nitrogen and oxygen atoms in total. The Bertz CT molecular complexity index is 1010. The van der Waals surface area contributed by atoms with Crippen molar-refractivity contribution in [1.82, 2.24) is 4.31 Å². The average Bonchev–Trinajstić information content (AvgIpc) is 2.73. The minimum absolute atomic E-state index is 0.0159. The lowest BCUT2D eigenvalue weighted by Gasteiger charge is -2.26. The Labute approximate surface area is 171 Å². The number of rotatable bonds is 5. The summed E-state index contributed by atoms with van der Waals surface area (Å²) in [5, 5.41) is 8.80. The minimum Gasteiger partial charge on any atom is -0.457 e. The highest BCUT2D eigenvalue weighted by atomic mass is 79.9. The third-order valence-corrected chi connectivity index (χ3v) is 7.10. The Morgan fingerprint density at radius 3 is 2.50 bits per heavy atom. The van der Waals surface area contributed by atoms with Crippen LogP contribution in [0.2, 0.25) is 0 Å². The van der Waals surface area contributed by atoms with E-state index in [0.29, 0.717) is 23.2 Å². The highest BCUT2D eigenvalue weighted by Crippen LogP contribution is 2.27. The molecule has 28 heavy (non-hydrogen) atoms. The zero-order valence-corrected chi connectivity index (χ0v) is 17.2. The number of hydrogen-bond acceptors (Lipinski definition) is 6. The van der Waals surface area contributed by atoms with Gasteiger partial charge in [-0.3, -0.25) is 0 Å². The van der Waals surface area contributed by atoms with Crippen molar-refractivity contribution in [3.05, 3.63) is 63.6 Å². The van der Waals surface area contributed by atoms with Crippen LogP contribution in [-0.4, -0.2) is 45.0 Å². The minimum atomic E-state index is -3.76. The Kier molecular flexibility index (Phi) is 6.46. The van der Waals surface area contributed by atoms with Gasteiger partial charge in [-0.25, -0.2) is 13.2 Å². The molecule has 2 aromatic rings. The highest BCUT2D eigenvalue weighted by Gasteiger charge is 2.29. The van der Waals surface area contributed by atoms with Gasteiger partial charge >= 0.3 is 5.97 Å². The summed E-state index contributed by atoms with van der Waals surface area (Å²) in [6.45, 7) is 1.22. The number of carbonyl (C=O) groups is 1. The number of nitrogens with zero attached hydrogens (tertiary/aromatic N) is 2. The largest absolute Gasteiger partial charge is 0.457 e. The van der Waals surface area contributed by atoms with Crippen molar-refractivity contribution in [1.29, 1.82) is 5.26 Å². The summed E-state index contributed by atoms with van der Waals surface area (Å²) in [5.41, 5.74) is 1.38. The number of esters is 1. The molecule has 0 amide bonds. The second kappa shape index (κ2) is 8.84. The first kappa shape index (κ1) is 20.5. The van der Waals surface area contributed by atoms with E-state index in [1.165, 1.54) is 22.5 Å². The van der Waals surface area contributed by atoms with Crippen molar-refractivity contribution >= 4 is 31.9 Å². The van der Waals surface area contributed by atoms with Gasteiger partial charge in [0, 0.05) is 17.6 Å². The van der Waals surface area contributed by atoms with Crippen LogP contribution in [0.4, 0.5) is 0 Å². The third kappa shape index (κ3) is 4.59. The Morgan fingerprint density at radius 1 is 1.18 bits per heavy atom. The molecule has 1 fully saturated rings. The van der Waals surface area contributed by atoms with E-state index in [1.807, 2.05) is 6.07 Å². The van der Waals surface area contributed by atoms with Crippen molar-refractivity contribution in [3.63, 3.8) is 0 Å². The highest BCUT2D eigenvalue weighted by molar-refractivity contribution is 9.10. The predicted molar refractivity (Wildman–Crippen MR) is 104 cm³/mol. The number of sulfonamides is 1. The Morgan fingerprint density at radius 2 is 1.86 bits per heavy atom. The van der Waals surface area contributed by atoms with Crippen molar-refractivity contribution < 1.29 is 22.7 Å². The molecule has 0 saturated carbocycles. The molecular weight excluding hydrogens is 448 g/mol. The van der Waals surface area contributed by atoms with Crippen LogP contribution >= 0.6 is 15.9 Å². The quantitative estimate of drug-likeness (QED) is 0.630. The first-order chi connectivity index (χ1) is 13.4. The van der Waals surface area contributed by atoms with Gasteiger partial charge in [-0.15, -0.1) is 0 Å². The van der Waals surface area contributed by atoms with Crippen LogP contribution in [-0.2, 0) is 26.1 Å². The molecule has 0 N–H and O–H groups in total. The first-order valence-corrected chi connectivity index (χ1v) is 10.7. The van der Waals surface area contributed by atoms with Crippen LogP contribution in [0.25, 0.3) is 0 Å². The normalized spacial score (nSPS) is 15.0. The average molecular weight is 465 g/mol. The molecule has 1 saturated heterocycles. The van der Waals surface area contributed by atoms with E-state index in [4.69, 9.17) is 14.7 Å². The van der Waals surface area contributed by atoms with Crippen molar-refractivity contribution in [2.45, 2.75) is 11.5 Å². The van der Waals surface area contributed by atoms with Crippen molar-refractivity contribution in [2.24, 2.45) is 0 Å². The van der Waals surface area contributed by atoms with Gasteiger partial charge in [0.25, 0.3) is 0 Å². The van der Waals surface area contributed by atoms with E-state index in [0.717, 1.165) is 5.56 Å². The van der Waals surface area contributed by atoms with Gasteiger partial charge in [-0.2, -0.15) is 9.57 Å². The topological polar surface area (TPSA) is 96.7 Å². The van der Waals surface area contributed by atoms with Gasteiger partial charge in [0.2, 0.25) is 10.0 Å². The van der Waals surface area contributed by atoms with Crippen molar-refractivity contribution in [2.75, 3.05) is 26.3 Å². The van der Waals surface area contributed by atoms with E-state index < -0.39 is 16.0 Å². The molecule has 0 aromatic heterocycles. The number of hydrogen-bond donors (Lipinski definition) is 0. The summed E-state index contributed by atoms with van der Waals surface area (Å²) >= 11 is 3.26. The summed E-state index contributed by atoms with van der Waals surface area (Å²) in [7, 11) is -3.76. The second-order valence-corrected chi connectivity index (χ2v) is 8.81. The van der Waals surface area contributed by atoms with Gasteiger partial charge in [-0.05, 0) is 51.8 Å². The number of benzene rings is 2. The monoisotopic (exact) mass is 464 g/mol. The maximum absolute atomic E-state index is 12.9. The van der Waals surface area contributed by atoms with Gasteiger partial charge in [0.05, 0.1) is 35.3 Å². The van der Waals surface area contributed by atoms with Crippen LogP contribution in [0.15, 0.2) is 51.8 Å². The summed E-state index contributed by atoms with van der Waals surface area (Å²) in [5.74, 6) is -0.629. The Balaban J connectivity index is 1.76. The molecule has 0 spiro atoms. The zero-order chi connectivity index (χ0) is 20.1. The molecule has 1 aliphatic rings. The summed E-state index contributed by atoms with van der Waals surface area (Å²) in [4.78, 5) is 12.4. The fourth-order valence-corrected chi connectivity index (χ4v) is 5.02. The lowest BCUT2D eigenvalue weighted by molar-refractivity contribution is 0.0472. The molecule has 0 aliphatic carbocycles. The number of halogens is 1. The molecule has 1 aliphatic heterocycles. The zero-order valence-electron chi connectivity index (χ0n) is 14.8. The summed E-state index contributed by atoms with van der Waals surface area (Å²) in [6, 6.07) is 13.0. The van der Waals surface area contributed by atoms with E-state index >= 15 is 0 Å². The number of nitriles is 1. The third-order valence-electron chi connectivity index (χ3n) is 4.21. The van der Waals surface area contributed by atoms with E-state index in [-0.39, 0.29) is 30.2 Å². The molecular formula is C19H17BrN2O5S. The predicted octanol–water partition coefficient (Wildman–Crippen LogP) is 2.70. The van der Waals surface area contributed by atoms with E-state index in [9.17, 15) is 13.2 Å². The molecule has 0 unspecified atom stereocenters. The summed E-state index contributed by atoms with van der Waals surface area (Å²) in [6.07, 6.45) is 0. The van der Waals surface area contributed by atoms with Crippen LogP contribution in [0, 0.1) is 11.3 Å².